The predicted molar refractivity (Wildman–Crippen MR) is 93.3 cm³/mol. The quantitative estimate of drug-likeness (QED) is 0.781. The van der Waals surface area contributed by atoms with Crippen LogP contribution in [0.25, 0.3) is 0 Å². The summed E-state index contributed by atoms with van der Waals surface area (Å²) in [6.07, 6.45) is 2.62. The molecule has 2 rings (SSSR count). The highest BCUT2D eigenvalue weighted by Crippen LogP contribution is 2.21. The molecule has 6 nitrogen and oxygen atoms in total. The summed E-state index contributed by atoms with van der Waals surface area (Å²) in [5.74, 6) is 0.494. The Morgan fingerprint density at radius 2 is 1.88 bits per heavy atom. The fraction of sp³-hybridized carbons (Fsp3) is 0.889. The molecule has 2 aliphatic rings. The maximum atomic E-state index is 12.6. The van der Waals surface area contributed by atoms with Gasteiger partial charge in [-0.1, -0.05) is 13.8 Å². The van der Waals surface area contributed by atoms with Crippen molar-refractivity contribution in [2.75, 3.05) is 39.3 Å². The van der Waals surface area contributed by atoms with Crippen molar-refractivity contribution in [2.45, 2.75) is 58.2 Å². The van der Waals surface area contributed by atoms with E-state index in [0.29, 0.717) is 31.6 Å². The summed E-state index contributed by atoms with van der Waals surface area (Å²) in [6.45, 7) is 10.3. The summed E-state index contributed by atoms with van der Waals surface area (Å²) in [7, 11) is 0. The topological polar surface area (TPSA) is 70.8 Å². The average Bonchev–Trinajstić information content (AvgIpc) is 2.94. The van der Waals surface area contributed by atoms with Crippen LogP contribution in [-0.4, -0.2) is 83.2 Å². The predicted octanol–water partition coefficient (Wildman–Crippen LogP) is 0.914. The van der Waals surface area contributed by atoms with Crippen molar-refractivity contribution in [1.82, 2.24) is 14.7 Å². The molecule has 3 atom stereocenters. The van der Waals surface area contributed by atoms with Crippen LogP contribution in [0.5, 0.6) is 0 Å². The fourth-order valence-corrected chi connectivity index (χ4v) is 3.94. The second kappa shape index (κ2) is 8.80. The molecule has 136 valence electrons. The minimum Gasteiger partial charge on any atom is -0.393 e. The number of hydrogen-bond acceptors (Lipinski definition) is 5. The molecule has 0 aromatic carbocycles. The van der Waals surface area contributed by atoms with Crippen molar-refractivity contribution >= 4 is 5.91 Å². The zero-order valence-corrected chi connectivity index (χ0v) is 15.3. The second-order valence-corrected chi connectivity index (χ2v) is 7.59. The van der Waals surface area contributed by atoms with Crippen LogP contribution in [-0.2, 0) is 4.79 Å². The molecule has 6 heteroatoms. The van der Waals surface area contributed by atoms with Crippen molar-refractivity contribution in [2.24, 2.45) is 5.92 Å². The molecular formula is C18H32N4O2. The van der Waals surface area contributed by atoms with Gasteiger partial charge in [0.05, 0.1) is 18.7 Å². The third kappa shape index (κ3) is 4.92. The Labute approximate surface area is 146 Å². The molecule has 0 unspecified atom stereocenters. The normalized spacial score (nSPS) is 25.7. The van der Waals surface area contributed by atoms with Gasteiger partial charge < -0.3 is 10.0 Å². The van der Waals surface area contributed by atoms with E-state index in [-0.39, 0.29) is 18.1 Å². The average molecular weight is 336 g/mol. The largest absolute Gasteiger partial charge is 0.393 e. The summed E-state index contributed by atoms with van der Waals surface area (Å²) >= 11 is 0. The van der Waals surface area contributed by atoms with Crippen LogP contribution in [0.1, 0.15) is 40.0 Å². The van der Waals surface area contributed by atoms with Crippen molar-refractivity contribution in [3.05, 3.63) is 0 Å². The van der Waals surface area contributed by atoms with Crippen LogP contribution >= 0.6 is 0 Å². The van der Waals surface area contributed by atoms with Crippen LogP contribution in [0.3, 0.4) is 0 Å². The Bertz CT molecular complexity index is 452. The molecule has 0 radical (unpaired) electrons. The standard InChI is InChI=1S/C18H32N4O2/c1-14(2)17(12-19)20-7-9-21(10-8-20)18(24)13-22-6-4-5-16(22)11-15(3)23/h14-17,23H,4-11,13H2,1-3H3/t15-,16-,17+/m0/s1. The Kier molecular flexibility index (Phi) is 7.02. The lowest BCUT2D eigenvalue weighted by atomic mass is 10.0. The summed E-state index contributed by atoms with van der Waals surface area (Å²) in [5, 5.41) is 18.9. The Balaban J connectivity index is 1.81. The van der Waals surface area contributed by atoms with Gasteiger partial charge in [0, 0.05) is 32.2 Å². The van der Waals surface area contributed by atoms with E-state index in [1.54, 1.807) is 0 Å². The zero-order valence-electron chi connectivity index (χ0n) is 15.3. The van der Waals surface area contributed by atoms with Crippen LogP contribution in [0.4, 0.5) is 0 Å². The van der Waals surface area contributed by atoms with Crippen LogP contribution in [0.15, 0.2) is 0 Å². The van der Waals surface area contributed by atoms with Crippen molar-refractivity contribution in [3.8, 4) is 6.07 Å². The lowest BCUT2D eigenvalue weighted by molar-refractivity contribution is -0.134. The molecule has 1 N–H and O–H groups in total. The summed E-state index contributed by atoms with van der Waals surface area (Å²) in [6, 6.07) is 2.66. The van der Waals surface area contributed by atoms with E-state index in [0.717, 1.165) is 38.9 Å². The van der Waals surface area contributed by atoms with E-state index in [4.69, 9.17) is 0 Å². The first-order chi connectivity index (χ1) is 11.4. The van der Waals surface area contributed by atoms with Gasteiger partial charge in [-0.2, -0.15) is 5.26 Å². The van der Waals surface area contributed by atoms with Crippen molar-refractivity contribution in [1.29, 1.82) is 5.26 Å². The SMILES string of the molecule is CC(C)[C@@H](C#N)N1CCN(C(=O)CN2CCC[C@H]2C[C@H](C)O)CC1. The molecule has 1 amide bonds. The zero-order chi connectivity index (χ0) is 17.7. The van der Waals surface area contributed by atoms with E-state index in [1.165, 1.54) is 0 Å². The molecule has 0 aromatic heterocycles. The van der Waals surface area contributed by atoms with E-state index in [9.17, 15) is 15.2 Å². The summed E-state index contributed by atoms with van der Waals surface area (Å²) in [4.78, 5) is 19.0. The smallest absolute Gasteiger partial charge is 0.236 e. The first kappa shape index (κ1) is 19.2. The molecule has 2 fully saturated rings. The number of likely N-dealkylation sites (tertiary alicyclic amines) is 1. The molecular weight excluding hydrogens is 304 g/mol. The number of hydrogen-bond donors (Lipinski definition) is 1. The van der Waals surface area contributed by atoms with Gasteiger partial charge in [0.1, 0.15) is 6.04 Å². The number of aliphatic hydroxyl groups is 1. The van der Waals surface area contributed by atoms with E-state index < -0.39 is 0 Å². The second-order valence-electron chi connectivity index (χ2n) is 7.59. The highest BCUT2D eigenvalue weighted by atomic mass is 16.3. The fourth-order valence-electron chi connectivity index (χ4n) is 3.94. The molecule has 2 saturated heterocycles. The molecule has 2 aliphatic heterocycles. The number of nitrogens with zero attached hydrogens (tertiary/aromatic N) is 4. The molecule has 0 aromatic rings. The van der Waals surface area contributed by atoms with Crippen LogP contribution in [0.2, 0.25) is 0 Å². The van der Waals surface area contributed by atoms with E-state index in [2.05, 4.69) is 29.7 Å². The van der Waals surface area contributed by atoms with Crippen molar-refractivity contribution in [3.63, 3.8) is 0 Å². The lowest BCUT2D eigenvalue weighted by Crippen LogP contribution is -2.54. The molecule has 2 heterocycles. The molecule has 0 bridgehead atoms. The van der Waals surface area contributed by atoms with Gasteiger partial charge >= 0.3 is 0 Å². The van der Waals surface area contributed by atoms with Gasteiger partial charge in [0.25, 0.3) is 0 Å². The number of nitriles is 1. The minimum absolute atomic E-state index is 0.0590. The number of aliphatic hydroxyl groups excluding tert-OH is 1. The number of rotatable bonds is 6. The molecule has 24 heavy (non-hydrogen) atoms. The van der Waals surface area contributed by atoms with Gasteiger partial charge in [-0.3, -0.25) is 14.6 Å². The van der Waals surface area contributed by atoms with Gasteiger partial charge in [0.2, 0.25) is 5.91 Å². The van der Waals surface area contributed by atoms with Gasteiger partial charge in [0.15, 0.2) is 0 Å². The van der Waals surface area contributed by atoms with Gasteiger partial charge in [-0.15, -0.1) is 0 Å². The number of amides is 1. The number of piperazine rings is 1. The van der Waals surface area contributed by atoms with Gasteiger partial charge in [-0.05, 0) is 38.6 Å². The van der Waals surface area contributed by atoms with E-state index in [1.807, 2.05) is 11.8 Å². The van der Waals surface area contributed by atoms with Crippen molar-refractivity contribution < 1.29 is 9.90 Å². The minimum atomic E-state index is -0.312. The van der Waals surface area contributed by atoms with Crippen LogP contribution in [0, 0.1) is 17.2 Å². The first-order valence-electron chi connectivity index (χ1n) is 9.26. The Morgan fingerprint density at radius 3 is 2.42 bits per heavy atom. The Morgan fingerprint density at radius 1 is 1.21 bits per heavy atom. The molecule has 0 saturated carbocycles. The maximum absolute atomic E-state index is 12.6. The van der Waals surface area contributed by atoms with Gasteiger partial charge in [-0.25, -0.2) is 0 Å². The monoisotopic (exact) mass is 336 g/mol. The van der Waals surface area contributed by atoms with Crippen LogP contribution < -0.4 is 0 Å². The Hall–Kier alpha value is -1.16. The highest BCUT2D eigenvalue weighted by molar-refractivity contribution is 5.78. The lowest BCUT2D eigenvalue weighted by Gasteiger charge is -2.39. The number of carbonyl (C=O) groups excluding carboxylic acids is 1. The highest BCUT2D eigenvalue weighted by Gasteiger charge is 2.31. The maximum Gasteiger partial charge on any atom is 0.236 e. The number of carbonyl (C=O) groups is 1. The molecule has 0 aliphatic carbocycles. The molecule has 0 spiro atoms. The summed E-state index contributed by atoms with van der Waals surface area (Å²) < 4.78 is 0. The summed E-state index contributed by atoms with van der Waals surface area (Å²) in [5.41, 5.74) is 0. The first-order valence-corrected chi connectivity index (χ1v) is 9.26. The third-order valence-electron chi connectivity index (χ3n) is 5.27. The third-order valence-corrected chi connectivity index (χ3v) is 5.27. The van der Waals surface area contributed by atoms with E-state index >= 15 is 0 Å².